The second-order valence-electron chi connectivity index (χ2n) is 2.86. The summed E-state index contributed by atoms with van der Waals surface area (Å²) in [5.41, 5.74) is 5.15. The average molecular weight is 267 g/mol. The third-order valence-electron chi connectivity index (χ3n) is 1.72. The molecule has 0 aliphatic rings. The minimum atomic E-state index is -0.524. The number of ether oxygens (including phenoxy) is 1. The molecule has 0 bridgehead atoms. The highest BCUT2D eigenvalue weighted by atomic mass is 35.5. The lowest BCUT2D eigenvalue weighted by atomic mass is 10.3. The fraction of sp³-hybridized carbons (Fsp3) is 0.333. The summed E-state index contributed by atoms with van der Waals surface area (Å²) in [6.07, 6.45) is 0.653. The number of hydrogen-bond donors (Lipinski definition) is 1. The van der Waals surface area contributed by atoms with Crippen LogP contribution in [-0.2, 0) is 0 Å². The van der Waals surface area contributed by atoms with Gasteiger partial charge in [0.2, 0.25) is 0 Å². The number of hydrogen-bond acceptors (Lipinski definition) is 4. The van der Waals surface area contributed by atoms with Crippen molar-refractivity contribution in [2.24, 2.45) is 5.73 Å². The molecule has 0 aromatic heterocycles. The fourth-order valence-electron chi connectivity index (χ4n) is 1.02. The molecule has 16 heavy (non-hydrogen) atoms. The lowest BCUT2D eigenvalue weighted by Gasteiger charge is -2.05. The number of nitrogens with zero attached hydrogens (tertiary/aromatic N) is 1. The SMILES string of the molecule is Cl.NCCCOc1ccc(Cl)cc1[N+](=O)[O-]. The van der Waals surface area contributed by atoms with Crippen molar-refractivity contribution < 1.29 is 9.66 Å². The second-order valence-corrected chi connectivity index (χ2v) is 3.30. The second kappa shape index (κ2) is 7.27. The molecule has 0 aliphatic heterocycles. The smallest absolute Gasteiger partial charge is 0.312 e. The molecule has 1 aromatic carbocycles. The predicted octanol–water partition coefficient (Wildman–Crippen LogP) is 2.40. The first kappa shape index (κ1) is 15.0. The molecule has 0 aliphatic carbocycles. The molecular formula is C9H12Cl2N2O3. The van der Waals surface area contributed by atoms with Crippen molar-refractivity contribution in [2.75, 3.05) is 13.2 Å². The minimum absolute atomic E-state index is 0. The maximum Gasteiger partial charge on any atom is 0.312 e. The Kier molecular flexibility index (Phi) is 6.80. The summed E-state index contributed by atoms with van der Waals surface area (Å²) in [5, 5.41) is 11.0. The zero-order chi connectivity index (χ0) is 11.3. The van der Waals surface area contributed by atoms with E-state index in [1.165, 1.54) is 12.1 Å². The maximum atomic E-state index is 10.6. The Bertz CT molecular complexity index is 361. The van der Waals surface area contributed by atoms with E-state index in [4.69, 9.17) is 22.1 Å². The van der Waals surface area contributed by atoms with Gasteiger partial charge in [-0.3, -0.25) is 10.1 Å². The van der Waals surface area contributed by atoms with E-state index in [1.54, 1.807) is 6.07 Å². The lowest BCUT2D eigenvalue weighted by Crippen LogP contribution is -2.07. The van der Waals surface area contributed by atoms with Crippen LogP contribution in [0.4, 0.5) is 5.69 Å². The third-order valence-corrected chi connectivity index (χ3v) is 1.96. The van der Waals surface area contributed by atoms with Crippen molar-refractivity contribution in [1.29, 1.82) is 0 Å². The van der Waals surface area contributed by atoms with Crippen molar-refractivity contribution in [3.8, 4) is 5.75 Å². The van der Waals surface area contributed by atoms with Crippen LogP contribution in [0.15, 0.2) is 18.2 Å². The van der Waals surface area contributed by atoms with Gasteiger partial charge in [0.25, 0.3) is 0 Å². The van der Waals surface area contributed by atoms with E-state index < -0.39 is 4.92 Å². The Morgan fingerprint density at radius 2 is 2.19 bits per heavy atom. The number of rotatable bonds is 5. The molecule has 0 saturated heterocycles. The summed E-state index contributed by atoms with van der Waals surface area (Å²) < 4.78 is 5.21. The van der Waals surface area contributed by atoms with Gasteiger partial charge in [0.1, 0.15) is 0 Å². The summed E-state index contributed by atoms with van der Waals surface area (Å²) in [6, 6.07) is 4.29. The molecule has 1 aromatic rings. The van der Waals surface area contributed by atoms with Crippen LogP contribution < -0.4 is 10.5 Å². The lowest BCUT2D eigenvalue weighted by molar-refractivity contribution is -0.385. The van der Waals surface area contributed by atoms with Gasteiger partial charge in [-0.15, -0.1) is 12.4 Å². The molecule has 0 unspecified atom stereocenters. The molecule has 2 N–H and O–H groups in total. The average Bonchev–Trinajstić information content (AvgIpc) is 2.20. The van der Waals surface area contributed by atoms with Gasteiger partial charge in [-0.2, -0.15) is 0 Å². The molecule has 0 spiro atoms. The van der Waals surface area contributed by atoms with E-state index in [9.17, 15) is 10.1 Å². The standard InChI is InChI=1S/C9H11ClN2O3.ClH/c10-7-2-3-9(15-5-1-4-11)8(6-7)12(13)14;/h2-3,6H,1,4-5,11H2;1H. The number of nitro groups is 1. The highest BCUT2D eigenvalue weighted by Gasteiger charge is 2.15. The maximum absolute atomic E-state index is 10.6. The Hall–Kier alpha value is -1.04. The van der Waals surface area contributed by atoms with Crippen LogP contribution in [0.5, 0.6) is 5.75 Å². The quantitative estimate of drug-likeness (QED) is 0.504. The van der Waals surface area contributed by atoms with Crippen molar-refractivity contribution in [3.63, 3.8) is 0 Å². The fourth-order valence-corrected chi connectivity index (χ4v) is 1.19. The van der Waals surface area contributed by atoms with Gasteiger partial charge in [0.05, 0.1) is 11.5 Å². The van der Waals surface area contributed by atoms with Crippen molar-refractivity contribution in [1.82, 2.24) is 0 Å². The van der Waals surface area contributed by atoms with E-state index in [0.717, 1.165) is 0 Å². The van der Waals surface area contributed by atoms with Gasteiger partial charge >= 0.3 is 5.69 Å². The Balaban J connectivity index is 0.00000225. The van der Waals surface area contributed by atoms with E-state index in [2.05, 4.69) is 0 Å². The zero-order valence-corrected chi connectivity index (χ0v) is 9.96. The summed E-state index contributed by atoms with van der Waals surface area (Å²) in [4.78, 5) is 10.1. The normalized spacial score (nSPS) is 9.38. The number of nitrogens with two attached hydrogens (primary N) is 1. The van der Waals surface area contributed by atoms with Crippen molar-refractivity contribution in [2.45, 2.75) is 6.42 Å². The minimum Gasteiger partial charge on any atom is -0.487 e. The summed E-state index contributed by atoms with van der Waals surface area (Å²) in [7, 11) is 0. The third kappa shape index (κ3) is 4.22. The van der Waals surface area contributed by atoms with Gasteiger partial charge in [-0.1, -0.05) is 11.6 Å². The zero-order valence-electron chi connectivity index (χ0n) is 8.39. The van der Waals surface area contributed by atoms with E-state index in [-0.39, 0.29) is 23.8 Å². The first-order chi connectivity index (χ1) is 7.15. The van der Waals surface area contributed by atoms with Gasteiger partial charge in [-0.25, -0.2) is 0 Å². The Labute approximate surface area is 104 Å². The molecule has 5 nitrogen and oxygen atoms in total. The van der Waals surface area contributed by atoms with Gasteiger partial charge in [-0.05, 0) is 25.1 Å². The summed E-state index contributed by atoms with van der Waals surface area (Å²) in [5.74, 6) is 0.220. The summed E-state index contributed by atoms with van der Waals surface area (Å²) >= 11 is 5.64. The van der Waals surface area contributed by atoms with Gasteiger partial charge in [0, 0.05) is 11.1 Å². The van der Waals surface area contributed by atoms with Crippen molar-refractivity contribution in [3.05, 3.63) is 33.3 Å². The molecule has 0 amide bonds. The highest BCUT2D eigenvalue weighted by Crippen LogP contribution is 2.29. The first-order valence-electron chi connectivity index (χ1n) is 4.42. The van der Waals surface area contributed by atoms with Crippen LogP contribution in [0.1, 0.15) is 6.42 Å². The predicted molar refractivity (Wildman–Crippen MR) is 64.5 cm³/mol. The molecule has 0 fully saturated rings. The van der Waals surface area contributed by atoms with E-state index in [1.807, 2.05) is 0 Å². The molecular weight excluding hydrogens is 255 g/mol. The molecule has 0 atom stereocenters. The Morgan fingerprint density at radius 3 is 2.75 bits per heavy atom. The Morgan fingerprint density at radius 1 is 1.50 bits per heavy atom. The molecule has 0 saturated carbocycles. The van der Waals surface area contributed by atoms with Crippen LogP contribution in [0.3, 0.4) is 0 Å². The van der Waals surface area contributed by atoms with Crippen molar-refractivity contribution >= 4 is 29.7 Å². The molecule has 7 heteroatoms. The van der Waals surface area contributed by atoms with E-state index >= 15 is 0 Å². The summed E-state index contributed by atoms with van der Waals surface area (Å²) in [6.45, 7) is 0.848. The largest absolute Gasteiger partial charge is 0.487 e. The van der Waals surface area contributed by atoms with Crippen LogP contribution in [0, 0.1) is 10.1 Å². The van der Waals surface area contributed by atoms with Crippen LogP contribution >= 0.6 is 24.0 Å². The number of benzene rings is 1. The number of nitro benzene ring substituents is 1. The molecule has 1 rings (SSSR count). The molecule has 90 valence electrons. The van der Waals surface area contributed by atoms with Gasteiger partial charge < -0.3 is 10.5 Å². The first-order valence-corrected chi connectivity index (χ1v) is 4.79. The highest BCUT2D eigenvalue weighted by molar-refractivity contribution is 6.30. The van der Waals surface area contributed by atoms with Crippen LogP contribution in [0.25, 0.3) is 0 Å². The van der Waals surface area contributed by atoms with E-state index in [0.29, 0.717) is 24.6 Å². The molecule has 0 heterocycles. The molecule has 0 radical (unpaired) electrons. The number of halogens is 2. The van der Waals surface area contributed by atoms with Crippen LogP contribution in [-0.4, -0.2) is 18.1 Å². The van der Waals surface area contributed by atoms with Gasteiger partial charge in [0.15, 0.2) is 5.75 Å². The topological polar surface area (TPSA) is 78.4 Å². The monoisotopic (exact) mass is 266 g/mol. The van der Waals surface area contributed by atoms with Crippen LogP contribution in [0.2, 0.25) is 5.02 Å².